The van der Waals surface area contributed by atoms with Gasteiger partial charge in [0.2, 0.25) is 5.88 Å². The van der Waals surface area contributed by atoms with Crippen molar-refractivity contribution in [3.63, 3.8) is 0 Å². The second-order valence-electron chi connectivity index (χ2n) is 2.44. The fourth-order valence-corrected chi connectivity index (χ4v) is 0.554. The van der Waals surface area contributed by atoms with Crippen LogP contribution in [0.3, 0.4) is 0 Å². The highest BCUT2D eigenvalue weighted by Crippen LogP contribution is 2.06. The van der Waals surface area contributed by atoms with E-state index in [9.17, 15) is 4.39 Å². The van der Waals surface area contributed by atoms with Crippen molar-refractivity contribution in [3.8, 4) is 5.88 Å². The van der Waals surface area contributed by atoms with Crippen molar-refractivity contribution < 1.29 is 9.23 Å². The van der Waals surface area contributed by atoms with Gasteiger partial charge >= 0.3 is 0 Å². The molecule has 0 unspecified atom stereocenters. The molecule has 3 nitrogen and oxygen atoms in total. The molecule has 0 amide bonds. The van der Waals surface area contributed by atoms with Crippen LogP contribution in [0.1, 0.15) is 13.8 Å². The van der Waals surface area contributed by atoms with Gasteiger partial charge in [0.15, 0.2) is 0 Å². The van der Waals surface area contributed by atoms with Crippen molar-refractivity contribution in [2.45, 2.75) is 13.8 Å². The second kappa shape index (κ2) is 3.80. The molecule has 0 fully saturated rings. The normalized spacial score (nSPS) is 9.25. The molecule has 0 N–H and O–H groups in total. The van der Waals surface area contributed by atoms with E-state index in [2.05, 4.69) is 10.1 Å². The Labute approximate surface area is 69.9 Å². The summed E-state index contributed by atoms with van der Waals surface area (Å²) in [6.45, 7) is 3.59. The average Bonchev–Trinajstić information content (AvgIpc) is 2.03. The molecular formula is C8H9FN2O. The first-order valence-corrected chi connectivity index (χ1v) is 3.48. The van der Waals surface area contributed by atoms with Gasteiger partial charge in [-0.05, 0) is 19.9 Å². The van der Waals surface area contributed by atoms with Crippen LogP contribution in [0.4, 0.5) is 4.39 Å². The summed E-state index contributed by atoms with van der Waals surface area (Å²) in [6.07, 6.45) is 1.08. The Balaban J connectivity index is 2.65. The maximum absolute atomic E-state index is 12.3. The molecule has 0 bridgehead atoms. The minimum atomic E-state index is -0.389. The fourth-order valence-electron chi connectivity index (χ4n) is 0.554. The molecule has 0 aliphatic heterocycles. The minimum Gasteiger partial charge on any atom is -0.337 e. The van der Waals surface area contributed by atoms with Gasteiger partial charge in [-0.3, -0.25) is 0 Å². The standard InChI is InChI=1S/C8H9FN2O/c1-6(2)11-12-8-4-3-7(9)5-10-8/h3-5H,1-2H3. The molecule has 0 radical (unpaired) electrons. The summed E-state index contributed by atoms with van der Waals surface area (Å²) >= 11 is 0. The van der Waals surface area contributed by atoms with Gasteiger partial charge in [-0.1, -0.05) is 5.16 Å². The zero-order valence-electron chi connectivity index (χ0n) is 6.91. The van der Waals surface area contributed by atoms with Crippen molar-refractivity contribution in [1.82, 2.24) is 4.98 Å². The number of rotatable bonds is 2. The summed E-state index contributed by atoms with van der Waals surface area (Å²) in [5.74, 6) is -0.0999. The lowest BCUT2D eigenvalue weighted by Gasteiger charge is -1.96. The number of hydrogen-bond acceptors (Lipinski definition) is 3. The van der Waals surface area contributed by atoms with Crippen LogP contribution in [0.15, 0.2) is 23.5 Å². The Kier molecular flexibility index (Phi) is 2.74. The zero-order chi connectivity index (χ0) is 8.97. The fraction of sp³-hybridized carbons (Fsp3) is 0.250. The van der Waals surface area contributed by atoms with Crippen molar-refractivity contribution in [2.24, 2.45) is 5.16 Å². The molecular weight excluding hydrogens is 159 g/mol. The van der Waals surface area contributed by atoms with Crippen LogP contribution < -0.4 is 4.84 Å². The molecule has 0 aliphatic carbocycles. The lowest BCUT2D eigenvalue weighted by atomic mass is 10.5. The second-order valence-corrected chi connectivity index (χ2v) is 2.44. The first kappa shape index (κ1) is 8.64. The van der Waals surface area contributed by atoms with Crippen LogP contribution in [-0.4, -0.2) is 10.7 Å². The first-order chi connectivity index (χ1) is 5.68. The molecule has 1 aromatic heterocycles. The summed E-state index contributed by atoms with van der Waals surface area (Å²) in [5.41, 5.74) is 0.779. The minimum absolute atomic E-state index is 0.289. The third-order valence-electron chi connectivity index (χ3n) is 1.02. The number of aromatic nitrogens is 1. The van der Waals surface area contributed by atoms with Crippen LogP contribution in [0.25, 0.3) is 0 Å². The molecule has 12 heavy (non-hydrogen) atoms. The maximum Gasteiger partial charge on any atom is 0.248 e. The topological polar surface area (TPSA) is 34.5 Å². The summed E-state index contributed by atoms with van der Waals surface area (Å²) in [7, 11) is 0. The molecule has 1 rings (SSSR count). The van der Waals surface area contributed by atoms with Gasteiger partial charge in [0.1, 0.15) is 5.82 Å². The highest BCUT2D eigenvalue weighted by Gasteiger charge is 1.94. The van der Waals surface area contributed by atoms with Crippen LogP contribution in [0.5, 0.6) is 5.88 Å². The first-order valence-electron chi connectivity index (χ1n) is 3.48. The van der Waals surface area contributed by atoms with Gasteiger partial charge < -0.3 is 4.84 Å². The Morgan fingerprint density at radius 1 is 1.50 bits per heavy atom. The van der Waals surface area contributed by atoms with Crippen molar-refractivity contribution in [3.05, 3.63) is 24.1 Å². The molecule has 0 atom stereocenters. The highest BCUT2D eigenvalue weighted by atomic mass is 19.1. The van der Waals surface area contributed by atoms with E-state index in [1.165, 1.54) is 12.1 Å². The van der Waals surface area contributed by atoms with Crippen molar-refractivity contribution >= 4 is 5.71 Å². The van der Waals surface area contributed by atoms with E-state index < -0.39 is 0 Å². The van der Waals surface area contributed by atoms with Crippen LogP contribution in [-0.2, 0) is 0 Å². The lowest BCUT2D eigenvalue weighted by Crippen LogP contribution is -1.91. The monoisotopic (exact) mass is 168 g/mol. The molecule has 0 aliphatic rings. The van der Waals surface area contributed by atoms with Gasteiger partial charge in [0.05, 0.1) is 11.9 Å². The quantitative estimate of drug-likeness (QED) is 0.500. The van der Waals surface area contributed by atoms with E-state index in [4.69, 9.17) is 4.84 Å². The van der Waals surface area contributed by atoms with E-state index in [0.29, 0.717) is 0 Å². The maximum atomic E-state index is 12.3. The predicted molar refractivity (Wildman–Crippen MR) is 43.6 cm³/mol. The lowest BCUT2D eigenvalue weighted by molar-refractivity contribution is 0.326. The summed E-state index contributed by atoms with van der Waals surface area (Å²) < 4.78 is 12.3. The molecule has 0 saturated carbocycles. The molecule has 1 aromatic rings. The molecule has 64 valence electrons. The SMILES string of the molecule is CC(C)=NOc1ccc(F)cn1. The molecule has 4 heteroatoms. The summed E-state index contributed by atoms with van der Waals surface area (Å²) in [4.78, 5) is 8.48. The number of oxime groups is 1. The van der Waals surface area contributed by atoms with E-state index in [1.807, 2.05) is 0 Å². The van der Waals surface area contributed by atoms with Crippen LogP contribution in [0, 0.1) is 5.82 Å². The van der Waals surface area contributed by atoms with Crippen LogP contribution in [0.2, 0.25) is 0 Å². The van der Waals surface area contributed by atoms with E-state index >= 15 is 0 Å². The Morgan fingerprint density at radius 2 is 2.25 bits per heavy atom. The Hall–Kier alpha value is -1.45. The van der Waals surface area contributed by atoms with E-state index in [0.717, 1.165) is 11.9 Å². The van der Waals surface area contributed by atoms with Crippen molar-refractivity contribution in [2.75, 3.05) is 0 Å². The molecule has 0 aromatic carbocycles. The molecule has 0 spiro atoms. The summed E-state index contributed by atoms with van der Waals surface area (Å²) in [5, 5.41) is 3.66. The molecule has 0 saturated heterocycles. The van der Waals surface area contributed by atoms with Gasteiger partial charge in [-0.15, -0.1) is 0 Å². The highest BCUT2D eigenvalue weighted by molar-refractivity contribution is 5.78. The van der Waals surface area contributed by atoms with Gasteiger partial charge in [0, 0.05) is 6.07 Å². The van der Waals surface area contributed by atoms with Gasteiger partial charge in [-0.2, -0.15) is 0 Å². The van der Waals surface area contributed by atoms with Gasteiger partial charge in [0.25, 0.3) is 0 Å². The third-order valence-corrected chi connectivity index (χ3v) is 1.02. The smallest absolute Gasteiger partial charge is 0.248 e. The van der Waals surface area contributed by atoms with Crippen molar-refractivity contribution in [1.29, 1.82) is 0 Å². The predicted octanol–water partition coefficient (Wildman–Crippen LogP) is 2.00. The van der Waals surface area contributed by atoms with Gasteiger partial charge in [-0.25, -0.2) is 9.37 Å². The zero-order valence-corrected chi connectivity index (χ0v) is 6.91. The Bertz CT molecular complexity index is 278. The number of pyridine rings is 1. The van der Waals surface area contributed by atoms with Crippen LogP contribution >= 0.6 is 0 Å². The molecule has 1 heterocycles. The van der Waals surface area contributed by atoms with E-state index in [-0.39, 0.29) is 11.7 Å². The Morgan fingerprint density at radius 3 is 2.75 bits per heavy atom. The largest absolute Gasteiger partial charge is 0.337 e. The number of hydrogen-bond donors (Lipinski definition) is 0. The number of halogens is 1. The van der Waals surface area contributed by atoms with E-state index in [1.54, 1.807) is 13.8 Å². The number of nitrogens with zero attached hydrogens (tertiary/aromatic N) is 2. The summed E-state index contributed by atoms with van der Waals surface area (Å²) in [6, 6.07) is 2.69. The average molecular weight is 168 g/mol. The third kappa shape index (κ3) is 2.65.